The molecule has 19 heavy (non-hydrogen) atoms. The summed E-state index contributed by atoms with van der Waals surface area (Å²) < 4.78 is 37.2. The van der Waals surface area contributed by atoms with Gasteiger partial charge in [0.05, 0.1) is 18.5 Å². The second-order valence-electron chi connectivity index (χ2n) is 4.24. The van der Waals surface area contributed by atoms with E-state index in [2.05, 4.69) is 5.10 Å². The van der Waals surface area contributed by atoms with Gasteiger partial charge in [-0.05, 0) is 17.7 Å². The van der Waals surface area contributed by atoms with Crippen LogP contribution < -0.4 is 0 Å². The van der Waals surface area contributed by atoms with Gasteiger partial charge in [0.25, 0.3) is 0 Å². The molecule has 0 atom stereocenters. The van der Waals surface area contributed by atoms with Crippen LogP contribution in [0.4, 0.5) is 4.39 Å². The molecule has 0 saturated carbocycles. The average molecular weight is 282 g/mol. The molecule has 0 amide bonds. The van der Waals surface area contributed by atoms with E-state index >= 15 is 0 Å². The van der Waals surface area contributed by atoms with Crippen LogP contribution in [0.2, 0.25) is 0 Å². The molecular weight excluding hydrogens is 267 g/mol. The summed E-state index contributed by atoms with van der Waals surface area (Å²) in [5, 5.41) is 4.11. The van der Waals surface area contributed by atoms with Gasteiger partial charge in [-0.15, -0.1) is 0 Å². The van der Waals surface area contributed by atoms with Crippen molar-refractivity contribution in [3.8, 4) is 11.1 Å². The molecule has 6 heteroatoms. The number of rotatable bonds is 5. The highest BCUT2D eigenvalue weighted by atomic mass is 32.2. The Kier molecular flexibility index (Phi) is 3.99. The minimum Gasteiger partial charge on any atom is -0.271 e. The molecule has 1 aromatic carbocycles. The standard InChI is InChI=1S/C13H15FN2O2S/c1-2-19(17,18)8-7-16-10-12(9-15-16)11-3-5-13(14)6-4-11/h3-6,9-10H,2,7-8H2,1H3. The highest BCUT2D eigenvalue weighted by Gasteiger charge is 2.08. The summed E-state index contributed by atoms with van der Waals surface area (Å²) in [4.78, 5) is 0. The van der Waals surface area contributed by atoms with E-state index in [-0.39, 0.29) is 17.3 Å². The van der Waals surface area contributed by atoms with E-state index in [4.69, 9.17) is 0 Å². The second-order valence-corrected chi connectivity index (χ2v) is 6.71. The van der Waals surface area contributed by atoms with Crippen LogP contribution in [0, 0.1) is 5.82 Å². The van der Waals surface area contributed by atoms with Crippen molar-refractivity contribution < 1.29 is 12.8 Å². The van der Waals surface area contributed by atoms with Gasteiger partial charge in [0.15, 0.2) is 9.84 Å². The molecule has 0 unspecified atom stereocenters. The summed E-state index contributed by atoms with van der Waals surface area (Å²) in [6.45, 7) is 1.96. The predicted molar refractivity (Wildman–Crippen MR) is 71.9 cm³/mol. The fourth-order valence-corrected chi connectivity index (χ4v) is 2.41. The van der Waals surface area contributed by atoms with E-state index < -0.39 is 9.84 Å². The van der Waals surface area contributed by atoms with Crippen LogP contribution in [-0.4, -0.2) is 29.7 Å². The first-order valence-corrected chi connectivity index (χ1v) is 7.81. The van der Waals surface area contributed by atoms with Crippen molar-refractivity contribution in [3.05, 3.63) is 42.5 Å². The normalized spacial score (nSPS) is 11.7. The molecule has 0 radical (unpaired) electrons. The number of benzene rings is 1. The Balaban J connectivity index is 2.09. The number of hydrogen-bond acceptors (Lipinski definition) is 3. The number of hydrogen-bond donors (Lipinski definition) is 0. The van der Waals surface area contributed by atoms with E-state index in [0.29, 0.717) is 6.54 Å². The molecular formula is C13H15FN2O2S. The van der Waals surface area contributed by atoms with E-state index in [1.165, 1.54) is 12.1 Å². The number of aromatic nitrogens is 2. The maximum Gasteiger partial charge on any atom is 0.151 e. The van der Waals surface area contributed by atoms with Gasteiger partial charge in [-0.25, -0.2) is 12.8 Å². The van der Waals surface area contributed by atoms with Crippen molar-refractivity contribution in [2.75, 3.05) is 11.5 Å². The lowest BCUT2D eigenvalue weighted by atomic mass is 10.1. The van der Waals surface area contributed by atoms with E-state index in [1.807, 2.05) is 0 Å². The first-order valence-electron chi connectivity index (χ1n) is 5.99. The Hall–Kier alpha value is -1.69. The number of halogens is 1. The lowest BCUT2D eigenvalue weighted by Crippen LogP contribution is -2.14. The Morgan fingerprint density at radius 2 is 1.89 bits per heavy atom. The second kappa shape index (κ2) is 5.52. The van der Waals surface area contributed by atoms with Crippen molar-refractivity contribution >= 4 is 9.84 Å². The molecule has 0 aliphatic carbocycles. The van der Waals surface area contributed by atoms with Crippen LogP contribution in [0.3, 0.4) is 0 Å². The first-order chi connectivity index (χ1) is 9.00. The van der Waals surface area contributed by atoms with Crippen molar-refractivity contribution in [1.29, 1.82) is 0 Å². The minimum atomic E-state index is -2.99. The molecule has 0 bridgehead atoms. The highest BCUT2D eigenvalue weighted by Crippen LogP contribution is 2.18. The molecule has 0 saturated heterocycles. The largest absolute Gasteiger partial charge is 0.271 e. The summed E-state index contributed by atoms with van der Waals surface area (Å²) >= 11 is 0. The number of sulfone groups is 1. The topological polar surface area (TPSA) is 52.0 Å². The van der Waals surface area contributed by atoms with E-state index in [1.54, 1.807) is 36.1 Å². The first kappa shape index (κ1) is 13.7. The maximum atomic E-state index is 12.8. The summed E-state index contributed by atoms with van der Waals surface area (Å²) in [6, 6.07) is 6.10. The van der Waals surface area contributed by atoms with Gasteiger partial charge in [0.2, 0.25) is 0 Å². The zero-order valence-corrected chi connectivity index (χ0v) is 11.4. The third-order valence-electron chi connectivity index (χ3n) is 2.88. The Labute approximate surface area is 111 Å². The lowest BCUT2D eigenvalue weighted by Gasteiger charge is -2.01. The summed E-state index contributed by atoms with van der Waals surface area (Å²) in [7, 11) is -2.99. The zero-order chi connectivity index (χ0) is 13.9. The van der Waals surface area contributed by atoms with Crippen LogP contribution in [-0.2, 0) is 16.4 Å². The van der Waals surface area contributed by atoms with Gasteiger partial charge in [-0.2, -0.15) is 5.10 Å². The lowest BCUT2D eigenvalue weighted by molar-refractivity contribution is 0.582. The average Bonchev–Trinajstić information content (AvgIpc) is 2.86. The summed E-state index contributed by atoms with van der Waals surface area (Å²) in [6.07, 6.45) is 3.41. The molecule has 0 fully saturated rings. The molecule has 1 aromatic heterocycles. The molecule has 102 valence electrons. The van der Waals surface area contributed by atoms with Crippen molar-refractivity contribution in [3.63, 3.8) is 0 Å². The number of aryl methyl sites for hydroxylation is 1. The monoisotopic (exact) mass is 282 g/mol. The molecule has 2 aromatic rings. The van der Waals surface area contributed by atoms with E-state index in [9.17, 15) is 12.8 Å². The molecule has 0 N–H and O–H groups in total. The molecule has 0 aliphatic rings. The van der Waals surface area contributed by atoms with Crippen LogP contribution >= 0.6 is 0 Å². The molecule has 0 aliphatic heterocycles. The quantitative estimate of drug-likeness (QED) is 0.844. The zero-order valence-electron chi connectivity index (χ0n) is 10.6. The molecule has 1 heterocycles. The molecule has 0 spiro atoms. The predicted octanol–water partition coefficient (Wildman–Crippen LogP) is 2.12. The summed E-state index contributed by atoms with van der Waals surface area (Å²) in [5.74, 6) is -0.0715. The Morgan fingerprint density at radius 1 is 1.21 bits per heavy atom. The fraction of sp³-hybridized carbons (Fsp3) is 0.308. The van der Waals surface area contributed by atoms with Crippen LogP contribution in [0.1, 0.15) is 6.92 Å². The highest BCUT2D eigenvalue weighted by molar-refractivity contribution is 7.91. The van der Waals surface area contributed by atoms with Crippen molar-refractivity contribution in [2.45, 2.75) is 13.5 Å². The van der Waals surface area contributed by atoms with Crippen LogP contribution in [0.15, 0.2) is 36.7 Å². The maximum absolute atomic E-state index is 12.8. The third-order valence-corrected chi connectivity index (χ3v) is 4.57. The van der Waals surface area contributed by atoms with Crippen molar-refractivity contribution in [2.24, 2.45) is 0 Å². The van der Waals surface area contributed by atoms with Gasteiger partial charge < -0.3 is 0 Å². The van der Waals surface area contributed by atoms with Crippen molar-refractivity contribution in [1.82, 2.24) is 9.78 Å². The SMILES string of the molecule is CCS(=O)(=O)CCn1cc(-c2ccc(F)cc2)cn1. The van der Waals surface area contributed by atoms with Crippen LogP contribution in [0.25, 0.3) is 11.1 Å². The Morgan fingerprint density at radius 3 is 2.53 bits per heavy atom. The fourth-order valence-electron chi connectivity index (χ4n) is 1.65. The number of nitrogens with zero attached hydrogens (tertiary/aromatic N) is 2. The van der Waals surface area contributed by atoms with Gasteiger partial charge >= 0.3 is 0 Å². The minimum absolute atomic E-state index is 0.0774. The Bertz CT molecular complexity index is 648. The van der Waals surface area contributed by atoms with Gasteiger partial charge in [0, 0.05) is 17.5 Å². The molecule has 2 rings (SSSR count). The van der Waals surface area contributed by atoms with Gasteiger partial charge in [-0.1, -0.05) is 19.1 Å². The smallest absolute Gasteiger partial charge is 0.151 e. The van der Waals surface area contributed by atoms with Gasteiger partial charge in [0.1, 0.15) is 5.82 Å². The summed E-state index contributed by atoms with van der Waals surface area (Å²) in [5.41, 5.74) is 1.69. The van der Waals surface area contributed by atoms with Crippen LogP contribution in [0.5, 0.6) is 0 Å². The third kappa shape index (κ3) is 3.64. The van der Waals surface area contributed by atoms with Gasteiger partial charge in [-0.3, -0.25) is 4.68 Å². The van der Waals surface area contributed by atoms with E-state index in [0.717, 1.165) is 11.1 Å². The molecule has 4 nitrogen and oxygen atoms in total.